The van der Waals surface area contributed by atoms with E-state index in [1.165, 1.54) is 0 Å². The van der Waals surface area contributed by atoms with E-state index >= 15 is 0 Å². The van der Waals surface area contributed by atoms with Gasteiger partial charge in [-0.1, -0.05) is 0 Å². The first-order chi connectivity index (χ1) is 16.9. The SMILES string of the molecule is CC(C)NC(=O)N1CC2CC(CN(CC(COc3ccc(C#N)cc3)N(C)C(=O)OC(C)(C)C)C2)C1. The van der Waals surface area contributed by atoms with Crippen LogP contribution in [-0.4, -0.2) is 90.9 Å². The standard InChI is InChI=1S/C27H41N5O4/c1-19(2)29-25(33)32-15-21-11-22(16-32)14-31(13-21)17-23(30(6)26(34)36-27(3,4)5)18-35-24-9-7-20(12-28)8-10-24/h7-10,19,21-23H,11,13-18H2,1-6H3,(H,29,33). The maximum absolute atomic E-state index is 12.9. The van der Waals surface area contributed by atoms with Crippen molar-refractivity contribution >= 4 is 12.1 Å². The van der Waals surface area contributed by atoms with Gasteiger partial charge in [0, 0.05) is 45.8 Å². The van der Waals surface area contributed by atoms with Gasteiger partial charge in [-0.25, -0.2) is 9.59 Å². The van der Waals surface area contributed by atoms with Crippen LogP contribution in [0.3, 0.4) is 0 Å². The van der Waals surface area contributed by atoms with E-state index in [0.29, 0.717) is 36.3 Å². The summed E-state index contributed by atoms with van der Waals surface area (Å²) in [5.41, 5.74) is -0.0211. The maximum atomic E-state index is 12.9. The summed E-state index contributed by atoms with van der Waals surface area (Å²) in [4.78, 5) is 31.4. The number of rotatable bonds is 7. The fourth-order valence-electron chi connectivity index (χ4n) is 4.93. The molecular weight excluding hydrogens is 458 g/mol. The summed E-state index contributed by atoms with van der Waals surface area (Å²) in [6.45, 7) is 13.7. The minimum Gasteiger partial charge on any atom is -0.491 e. The Morgan fingerprint density at radius 3 is 2.28 bits per heavy atom. The summed E-state index contributed by atoms with van der Waals surface area (Å²) in [7, 11) is 1.75. The number of nitrogens with zero attached hydrogens (tertiary/aromatic N) is 4. The van der Waals surface area contributed by atoms with Crippen LogP contribution in [0.2, 0.25) is 0 Å². The third-order valence-electron chi connectivity index (χ3n) is 6.48. The molecule has 9 nitrogen and oxygen atoms in total. The van der Waals surface area contributed by atoms with Gasteiger partial charge >= 0.3 is 12.1 Å². The van der Waals surface area contributed by atoms with Crippen LogP contribution >= 0.6 is 0 Å². The van der Waals surface area contributed by atoms with Crippen LogP contribution in [0.1, 0.15) is 46.6 Å². The van der Waals surface area contributed by atoms with E-state index in [2.05, 4.69) is 16.3 Å². The molecule has 2 fully saturated rings. The average molecular weight is 500 g/mol. The van der Waals surface area contributed by atoms with Crippen molar-refractivity contribution in [3.05, 3.63) is 29.8 Å². The lowest BCUT2D eigenvalue weighted by Gasteiger charge is -2.47. The molecule has 0 spiro atoms. The number of piperidine rings is 2. The first-order valence-corrected chi connectivity index (χ1v) is 12.8. The average Bonchev–Trinajstić information content (AvgIpc) is 2.79. The van der Waals surface area contributed by atoms with E-state index < -0.39 is 5.60 Å². The number of likely N-dealkylation sites (tertiary alicyclic amines) is 2. The van der Waals surface area contributed by atoms with Gasteiger partial charge in [0.2, 0.25) is 0 Å². The molecule has 0 saturated carbocycles. The zero-order chi connectivity index (χ0) is 26.5. The smallest absolute Gasteiger partial charge is 0.410 e. The second kappa shape index (κ2) is 11.8. The number of carbonyl (C=O) groups is 2. The maximum Gasteiger partial charge on any atom is 0.410 e. The zero-order valence-corrected chi connectivity index (χ0v) is 22.5. The van der Waals surface area contributed by atoms with Crippen molar-refractivity contribution in [3.63, 3.8) is 0 Å². The van der Waals surface area contributed by atoms with Gasteiger partial charge in [0.15, 0.2) is 0 Å². The van der Waals surface area contributed by atoms with Crippen molar-refractivity contribution in [2.45, 2.75) is 58.7 Å². The van der Waals surface area contributed by atoms with E-state index in [4.69, 9.17) is 14.7 Å². The lowest BCUT2D eigenvalue weighted by Crippen LogP contribution is -2.58. The van der Waals surface area contributed by atoms with Crippen LogP contribution in [0.15, 0.2) is 24.3 Å². The molecule has 198 valence electrons. The lowest BCUT2D eigenvalue weighted by molar-refractivity contribution is 0.00114. The Labute approximate surface area is 215 Å². The molecule has 1 aromatic carbocycles. The topological polar surface area (TPSA) is 98.1 Å². The minimum absolute atomic E-state index is 0.0199. The highest BCUT2D eigenvalue weighted by Crippen LogP contribution is 2.29. The third-order valence-corrected chi connectivity index (χ3v) is 6.48. The molecule has 2 heterocycles. The van der Waals surface area contributed by atoms with Gasteiger partial charge in [-0.2, -0.15) is 5.26 Å². The van der Waals surface area contributed by atoms with Crippen LogP contribution in [0.5, 0.6) is 5.75 Å². The molecule has 3 unspecified atom stereocenters. The summed E-state index contributed by atoms with van der Waals surface area (Å²) in [5, 5.41) is 12.0. The number of hydrogen-bond donors (Lipinski definition) is 1. The number of likely N-dealkylation sites (N-methyl/N-ethyl adjacent to an activating group) is 1. The quantitative estimate of drug-likeness (QED) is 0.616. The van der Waals surface area contributed by atoms with Crippen molar-refractivity contribution in [2.75, 3.05) is 46.4 Å². The van der Waals surface area contributed by atoms with Crippen molar-refractivity contribution in [3.8, 4) is 11.8 Å². The largest absolute Gasteiger partial charge is 0.491 e. The van der Waals surface area contributed by atoms with Gasteiger partial charge in [0.1, 0.15) is 18.0 Å². The van der Waals surface area contributed by atoms with Crippen molar-refractivity contribution < 1.29 is 19.1 Å². The third kappa shape index (κ3) is 8.02. The van der Waals surface area contributed by atoms with Crippen LogP contribution in [0, 0.1) is 23.2 Å². The molecule has 2 aliphatic rings. The van der Waals surface area contributed by atoms with Crippen molar-refractivity contribution in [2.24, 2.45) is 11.8 Å². The van der Waals surface area contributed by atoms with Gasteiger partial charge < -0.3 is 29.5 Å². The highest BCUT2D eigenvalue weighted by atomic mass is 16.6. The summed E-state index contributed by atoms with van der Waals surface area (Å²) in [6.07, 6.45) is 0.737. The van der Waals surface area contributed by atoms with E-state index in [1.807, 2.05) is 39.5 Å². The van der Waals surface area contributed by atoms with E-state index in [1.54, 1.807) is 36.2 Å². The minimum atomic E-state index is -0.591. The second-order valence-electron chi connectivity index (χ2n) is 11.4. The fourth-order valence-corrected chi connectivity index (χ4v) is 4.93. The molecule has 3 atom stereocenters. The summed E-state index contributed by atoms with van der Waals surface area (Å²) < 4.78 is 11.7. The van der Waals surface area contributed by atoms with Crippen molar-refractivity contribution in [1.29, 1.82) is 5.26 Å². The Morgan fingerprint density at radius 1 is 1.14 bits per heavy atom. The molecule has 3 amide bonds. The Hall–Kier alpha value is -2.99. The monoisotopic (exact) mass is 499 g/mol. The number of ether oxygens (including phenoxy) is 2. The molecular formula is C27H41N5O4. The number of urea groups is 1. The Kier molecular flexibility index (Phi) is 9.07. The molecule has 9 heteroatoms. The highest BCUT2D eigenvalue weighted by Gasteiger charge is 2.37. The van der Waals surface area contributed by atoms with Crippen molar-refractivity contribution in [1.82, 2.24) is 20.0 Å². The molecule has 0 aromatic heterocycles. The molecule has 1 N–H and O–H groups in total. The Bertz CT molecular complexity index is 923. The van der Waals surface area contributed by atoms with Crippen LogP contribution in [0.25, 0.3) is 0 Å². The Balaban J connectivity index is 1.66. The van der Waals surface area contributed by atoms with Crippen LogP contribution in [-0.2, 0) is 4.74 Å². The van der Waals surface area contributed by atoms with E-state index in [0.717, 1.165) is 32.6 Å². The second-order valence-corrected chi connectivity index (χ2v) is 11.4. The first kappa shape index (κ1) is 27.6. The number of fused-ring (bicyclic) bond motifs is 2. The van der Waals surface area contributed by atoms with Crippen LogP contribution < -0.4 is 10.1 Å². The van der Waals surface area contributed by atoms with Gasteiger partial charge in [-0.3, -0.25) is 0 Å². The predicted octanol–water partition coefficient (Wildman–Crippen LogP) is 3.54. The van der Waals surface area contributed by atoms with Gasteiger partial charge in [-0.05, 0) is 77.1 Å². The highest BCUT2D eigenvalue weighted by molar-refractivity contribution is 5.74. The number of amides is 3. The molecule has 2 bridgehead atoms. The zero-order valence-electron chi connectivity index (χ0n) is 22.5. The Morgan fingerprint density at radius 2 is 1.75 bits per heavy atom. The number of benzene rings is 1. The number of nitriles is 1. The summed E-state index contributed by atoms with van der Waals surface area (Å²) in [6, 6.07) is 8.99. The normalized spacial score (nSPS) is 20.9. The summed E-state index contributed by atoms with van der Waals surface area (Å²) in [5.74, 6) is 1.46. The lowest BCUT2D eigenvalue weighted by atomic mass is 9.84. The predicted molar refractivity (Wildman–Crippen MR) is 138 cm³/mol. The molecule has 2 aliphatic heterocycles. The number of carbonyl (C=O) groups excluding carboxylic acids is 2. The first-order valence-electron chi connectivity index (χ1n) is 12.8. The number of hydrogen-bond acceptors (Lipinski definition) is 6. The van der Waals surface area contributed by atoms with Crippen LogP contribution in [0.4, 0.5) is 9.59 Å². The number of nitrogens with one attached hydrogen (secondary N) is 1. The van der Waals surface area contributed by atoms with Gasteiger partial charge in [0.25, 0.3) is 0 Å². The van der Waals surface area contributed by atoms with E-state index in [9.17, 15) is 9.59 Å². The molecule has 0 aliphatic carbocycles. The van der Waals surface area contributed by atoms with E-state index in [-0.39, 0.29) is 24.2 Å². The van der Waals surface area contributed by atoms with Gasteiger partial charge in [-0.15, -0.1) is 0 Å². The fraction of sp³-hybridized carbons (Fsp3) is 0.667. The summed E-state index contributed by atoms with van der Waals surface area (Å²) >= 11 is 0. The molecule has 1 aromatic rings. The molecule has 0 radical (unpaired) electrons. The molecule has 36 heavy (non-hydrogen) atoms. The van der Waals surface area contributed by atoms with Gasteiger partial charge in [0.05, 0.1) is 17.7 Å². The molecule has 2 saturated heterocycles. The molecule has 3 rings (SSSR count).